The molecule has 2 aromatic rings. The van der Waals surface area contributed by atoms with E-state index in [0.29, 0.717) is 13.2 Å². The zero-order valence-corrected chi connectivity index (χ0v) is 14.2. The lowest BCUT2D eigenvalue weighted by Gasteiger charge is -2.24. The molecule has 1 aromatic heterocycles. The molecule has 1 aliphatic rings. The van der Waals surface area contributed by atoms with Gasteiger partial charge in [-0.2, -0.15) is 0 Å². The summed E-state index contributed by atoms with van der Waals surface area (Å²) in [5.41, 5.74) is 1.78. The second-order valence-corrected chi connectivity index (χ2v) is 6.73. The Balaban J connectivity index is 1.64. The number of hydrogen-bond acceptors (Lipinski definition) is 4. The van der Waals surface area contributed by atoms with E-state index in [2.05, 4.69) is 15.6 Å². The lowest BCUT2D eigenvalue weighted by Crippen LogP contribution is -2.42. The van der Waals surface area contributed by atoms with Crippen LogP contribution in [0.15, 0.2) is 29.6 Å². The molecule has 0 spiro atoms. The lowest BCUT2D eigenvalue weighted by molar-refractivity contribution is 0.0807. The molecule has 1 saturated heterocycles. The van der Waals surface area contributed by atoms with Crippen LogP contribution in [0.3, 0.4) is 0 Å². The minimum Gasteiger partial charge on any atom is -0.376 e. The number of carbonyl (C=O) groups is 1. The van der Waals surface area contributed by atoms with Crippen molar-refractivity contribution in [2.45, 2.75) is 38.5 Å². The van der Waals surface area contributed by atoms with Gasteiger partial charge in [0.25, 0.3) is 0 Å². The van der Waals surface area contributed by atoms with Crippen molar-refractivity contribution in [3.05, 3.63) is 51.7 Å². The van der Waals surface area contributed by atoms with Crippen molar-refractivity contribution in [3.8, 4) is 0 Å². The first kappa shape index (κ1) is 16.9. The van der Waals surface area contributed by atoms with Crippen molar-refractivity contribution >= 4 is 17.4 Å². The molecule has 0 aliphatic carbocycles. The van der Waals surface area contributed by atoms with Crippen LogP contribution in [0.5, 0.6) is 0 Å². The third-order valence-electron chi connectivity index (χ3n) is 3.92. The van der Waals surface area contributed by atoms with Crippen LogP contribution < -0.4 is 10.6 Å². The molecule has 24 heavy (non-hydrogen) atoms. The maximum absolute atomic E-state index is 13.2. The third kappa shape index (κ3) is 4.30. The lowest BCUT2D eigenvalue weighted by atomic mass is 9.99. The number of benzene rings is 1. The largest absolute Gasteiger partial charge is 0.376 e. The molecule has 0 bridgehead atoms. The van der Waals surface area contributed by atoms with E-state index in [-0.39, 0.29) is 24.0 Å². The third-order valence-corrected chi connectivity index (χ3v) is 4.89. The smallest absolute Gasteiger partial charge is 0.315 e. The summed E-state index contributed by atoms with van der Waals surface area (Å²) >= 11 is 1.51. The van der Waals surface area contributed by atoms with E-state index in [9.17, 15) is 9.18 Å². The topological polar surface area (TPSA) is 63.2 Å². The van der Waals surface area contributed by atoms with Gasteiger partial charge in [0.1, 0.15) is 10.8 Å². The highest BCUT2D eigenvalue weighted by atomic mass is 32.1. The van der Waals surface area contributed by atoms with Gasteiger partial charge in [-0.05, 0) is 37.5 Å². The number of nitrogens with zero attached hydrogens (tertiary/aromatic N) is 1. The summed E-state index contributed by atoms with van der Waals surface area (Å²) in [5.74, 6) is -0.298. The number of aryl methyl sites for hydroxylation is 1. The first-order chi connectivity index (χ1) is 11.6. The van der Waals surface area contributed by atoms with E-state index < -0.39 is 0 Å². The van der Waals surface area contributed by atoms with E-state index >= 15 is 0 Å². The van der Waals surface area contributed by atoms with Gasteiger partial charge in [-0.3, -0.25) is 0 Å². The van der Waals surface area contributed by atoms with Crippen molar-refractivity contribution < 1.29 is 13.9 Å². The van der Waals surface area contributed by atoms with Gasteiger partial charge in [-0.15, -0.1) is 11.3 Å². The first-order valence-electron chi connectivity index (χ1n) is 7.94. The van der Waals surface area contributed by atoms with E-state index in [1.807, 2.05) is 12.3 Å². The van der Waals surface area contributed by atoms with Crippen LogP contribution >= 0.6 is 11.3 Å². The van der Waals surface area contributed by atoms with Gasteiger partial charge in [0.05, 0.1) is 18.7 Å². The fourth-order valence-corrected chi connectivity index (χ4v) is 3.47. The number of aromatic nitrogens is 1. The van der Waals surface area contributed by atoms with Gasteiger partial charge in [0.2, 0.25) is 0 Å². The average Bonchev–Trinajstić information content (AvgIpc) is 3.23. The predicted octanol–water partition coefficient (Wildman–Crippen LogP) is 3.31. The van der Waals surface area contributed by atoms with Crippen molar-refractivity contribution in [1.29, 1.82) is 0 Å². The molecule has 0 radical (unpaired) electrons. The highest BCUT2D eigenvalue weighted by Crippen LogP contribution is 2.27. The van der Waals surface area contributed by atoms with Crippen LogP contribution in [0, 0.1) is 12.7 Å². The van der Waals surface area contributed by atoms with Crippen molar-refractivity contribution in [2.24, 2.45) is 0 Å². The van der Waals surface area contributed by atoms with Crippen LogP contribution in [0.25, 0.3) is 0 Å². The molecule has 2 atom stereocenters. The number of rotatable bonds is 5. The number of urea groups is 1. The second kappa shape index (κ2) is 7.72. The SMILES string of the molecule is Cc1csc(CNC(=O)N[C@H](c2ccc(F)cc2)[C@@H]2CCCO2)n1. The van der Waals surface area contributed by atoms with Crippen LogP contribution in [-0.4, -0.2) is 23.7 Å². The summed E-state index contributed by atoms with van der Waals surface area (Å²) in [6.45, 7) is 2.98. The van der Waals surface area contributed by atoms with E-state index in [0.717, 1.165) is 29.1 Å². The fourth-order valence-electron chi connectivity index (χ4n) is 2.76. The summed E-state index contributed by atoms with van der Waals surface area (Å²) in [5, 5.41) is 8.57. The Labute approximate surface area is 144 Å². The van der Waals surface area contributed by atoms with Gasteiger partial charge in [0.15, 0.2) is 0 Å². The molecule has 3 rings (SSSR count). The molecule has 0 saturated carbocycles. The minimum absolute atomic E-state index is 0.0941. The molecule has 7 heteroatoms. The van der Waals surface area contributed by atoms with E-state index in [4.69, 9.17) is 4.74 Å². The Morgan fingerprint density at radius 2 is 2.25 bits per heavy atom. The van der Waals surface area contributed by atoms with Gasteiger partial charge < -0.3 is 15.4 Å². The Kier molecular flexibility index (Phi) is 5.42. The molecule has 2 amide bonds. The van der Waals surface area contributed by atoms with Crippen molar-refractivity contribution in [1.82, 2.24) is 15.6 Å². The summed E-state index contributed by atoms with van der Waals surface area (Å²) < 4.78 is 18.9. The Bertz CT molecular complexity index is 683. The summed E-state index contributed by atoms with van der Waals surface area (Å²) in [6, 6.07) is 5.58. The Morgan fingerprint density at radius 3 is 2.88 bits per heavy atom. The predicted molar refractivity (Wildman–Crippen MR) is 90.3 cm³/mol. The van der Waals surface area contributed by atoms with Gasteiger partial charge in [-0.25, -0.2) is 14.2 Å². The highest BCUT2D eigenvalue weighted by Gasteiger charge is 2.28. The van der Waals surface area contributed by atoms with E-state index in [1.165, 1.54) is 23.5 Å². The molecule has 1 aliphatic heterocycles. The zero-order valence-electron chi connectivity index (χ0n) is 13.4. The number of halogens is 1. The standard InChI is InChI=1S/C17H20FN3O2S/c1-11-10-24-15(20-11)9-19-17(22)21-16(14-3-2-8-23-14)12-4-6-13(18)7-5-12/h4-7,10,14,16H,2-3,8-9H2,1H3,(H2,19,21,22)/t14-,16+/m0/s1. The summed E-state index contributed by atoms with van der Waals surface area (Å²) in [7, 11) is 0. The summed E-state index contributed by atoms with van der Waals surface area (Å²) in [6.07, 6.45) is 1.74. The molecule has 1 aromatic carbocycles. The molecule has 2 heterocycles. The van der Waals surface area contributed by atoms with Crippen LogP contribution in [-0.2, 0) is 11.3 Å². The monoisotopic (exact) mass is 349 g/mol. The van der Waals surface area contributed by atoms with E-state index in [1.54, 1.807) is 12.1 Å². The summed E-state index contributed by atoms with van der Waals surface area (Å²) in [4.78, 5) is 16.6. The zero-order chi connectivity index (χ0) is 16.9. The van der Waals surface area contributed by atoms with Crippen LogP contribution in [0.2, 0.25) is 0 Å². The number of carbonyl (C=O) groups excluding carboxylic acids is 1. The normalized spacial score (nSPS) is 18.3. The van der Waals surface area contributed by atoms with Gasteiger partial charge >= 0.3 is 6.03 Å². The minimum atomic E-state index is -0.300. The van der Waals surface area contributed by atoms with Gasteiger partial charge in [-0.1, -0.05) is 12.1 Å². The first-order valence-corrected chi connectivity index (χ1v) is 8.82. The highest BCUT2D eigenvalue weighted by molar-refractivity contribution is 7.09. The molecule has 128 valence electrons. The molecule has 2 N–H and O–H groups in total. The second-order valence-electron chi connectivity index (χ2n) is 5.79. The number of ether oxygens (including phenoxy) is 1. The quantitative estimate of drug-likeness (QED) is 0.870. The molecule has 0 unspecified atom stereocenters. The molecular weight excluding hydrogens is 329 g/mol. The van der Waals surface area contributed by atoms with Gasteiger partial charge in [0, 0.05) is 17.7 Å². The van der Waals surface area contributed by atoms with Crippen LogP contribution in [0.4, 0.5) is 9.18 Å². The maximum atomic E-state index is 13.2. The van der Waals surface area contributed by atoms with Crippen LogP contribution in [0.1, 0.15) is 35.1 Å². The molecular formula is C17H20FN3O2S. The van der Waals surface area contributed by atoms with Crippen molar-refractivity contribution in [2.75, 3.05) is 6.61 Å². The average molecular weight is 349 g/mol. The number of thiazole rings is 1. The number of hydrogen-bond donors (Lipinski definition) is 2. The number of amides is 2. The number of nitrogens with one attached hydrogen (secondary N) is 2. The fraction of sp³-hybridized carbons (Fsp3) is 0.412. The maximum Gasteiger partial charge on any atom is 0.315 e. The Hall–Kier alpha value is -1.99. The molecule has 5 nitrogen and oxygen atoms in total. The molecule has 1 fully saturated rings. The Morgan fingerprint density at radius 1 is 1.46 bits per heavy atom. The van der Waals surface area contributed by atoms with Crippen molar-refractivity contribution in [3.63, 3.8) is 0 Å².